The second-order valence-electron chi connectivity index (χ2n) is 6.73. The highest BCUT2D eigenvalue weighted by Crippen LogP contribution is 2.23. The average molecular weight is 284 g/mol. The highest BCUT2D eigenvalue weighted by atomic mass is 16.6. The first kappa shape index (κ1) is 17.0. The molecular formula is C15H28N2O3. The summed E-state index contributed by atoms with van der Waals surface area (Å²) in [5.74, 6) is -0.106. The second-order valence-corrected chi connectivity index (χ2v) is 6.73. The lowest BCUT2D eigenvalue weighted by molar-refractivity contribution is -0.163. The molecule has 0 spiro atoms. The number of hydrogen-bond acceptors (Lipinski definition) is 4. The Kier molecular flexibility index (Phi) is 5.57. The molecule has 1 amide bonds. The van der Waals surface area contributed by atoms with Gasteiger partial charge in [-0.1, -0.05) is 13.8 Å². The quantitative estimate of drug-likeness (QED) is 0.796. The topological polar surface area (TPSA) is 58.6 Å². The maximum atomic E-state index is 12.6. The number of rotatable bonds is 4. The third-order valence-electron chi connectivity index (χ3n) is 3.46. The lowest BCUT2D eigenvalue weighted by Gasteiger charge is -2.31. The highest BCUT2D eigenvalue weighted by Gasteiger charge is 2.39. The van der Waals surface area contributed by atoms with E-state index < -0.39 is 11.6 Å². The summed E-state index contributed by atoms with van der Waals surface area (Å²) in [5, 5.41) is 3.04. The number of esters is 1. The molecule has 1 aliphatic heterocycles. The van der Waals surface area contributed by atoms with Crippen molar-refractivity contribution < 1.29 is 14.3 Å². The van der Waals surface area contributed by atoms with E-state index in [4.69, 9.17) is 4.74 Å². The number of carbonyl (C=O) groups excluding carboxylic acids is 2. The number of ether oxygens (including phenoxy) is 1. The minimum absolute atomic E-state index is 0.00383. The summed E-state index contributed by atoms with van der Waals surface area (Å²) in [7, 11) is 1.78. The average Bonchev–Trinajstić information content (AvgIpc) is 2.75. The van der Waals surface area contributed by atoms with Crippen LogP contribution in [0, 0.1) is 5.92 Å². The van der Waals surface area contributed by atoms with Gasteiger partial charge in [0, 0.05) is 6.54 Å². The van der Waals surface area contributed by atoms with Gasteiger partial charge in [-0.15, -0.1) is 0 Å². The molecule has 5 nitrogen and oxygen atoms in total. The molecule has 0 aromatic rings. The number of carbonyl (C=O) groups is 2. The van der Waals surface area contributed by atoms with Crippen LogP contribution in [0.1, 0.15) is 47.5 Å². The fourth-order valence-corrected chi connectivity index (χ4v) is 2.57. The Morgan fingerprint density at radius 1 is 1.30 bits per heavy atom. The highest BCUT2D eigenvalue weighted by molar-refractivity contribution is 5.88. The van der Waals surface area contributed by atoms with Crippen LogP contribution in [0.2, 0.25) is 0 Å². The zero-order valence-electron chi connectivity index (χ0n) is 13.5. The van der Waals surface area contributed by atoms with Crippen molar-refractivity contribution in [2.24, 2.45) is 5.92 Å². The van der Waals surface area contributed by atoms with Crippen molar-refractivity contribution in [3.8, 4) is 0 Å². The van der Waals surface area contributed by atoms with Gasteiger partial charge >= 0.3 is 5.97 Å². The van der Waals surface area contributed by atoms with E-state index in [0.29, 0.717) is 13.0 Å². The first-order valence-electron chi connectivity index (χ1n) is 7.38. The van der Waals surface area contributed by atoms with Crippen LogP contribution in [0.3, 0.4) is 0 Å². The molecule has 0 aromatic heterocycles. The van der Waals surface area contributed by atoms with Crippen molar-refractivity contribution in [2.45, 2.75) is 65.1 Å². The van der Waals surface area contributed by atoms with Crippen LogP contribution in [0.15, 0.2) is 0 Å². The Hall–Kier alpha value is -1.10. The molecule has 0 aromatic carbocycles. The first-order valence-corrected chi connectivity index (χ1v) is 7.38. The van der Waals surface area contributed by atoms with Crippen LogP contribution in [0.4, 0.5) is 0 Å². The van der Waals surface area contributed by atoms with E-state index in [9.17, 15) is 9.59 Å². The summed E-state index contributed by atoms with van der Waals surface area (Å²) < 4.78 is 5.42. The molecule has 1 fully saturated rings. The monoisotopic (exact) mass is 284 g/mol. The van der Waals surface area contributed by atoms with Crippen molar-refractivity contribution >= 4 is 11.9 Å². The van der Waals surface area contributed by atoms with Crippen molar-refractivity contribution in [2.75, 3.05) is 13.6 Å². The molecule has 1 heterocycles. The van der Waals surface area contributed by atoms with E-state index in [1.165, 1.54) is 0 Å². The smallest absolute Gasteiger partial charge is 0.329 e. The minimum Gasteiger partial charge on any atom is -0.458 e. The van der Waals surface area contributed by atoms with Crippen molar-refractivity contribution in [3.05, 3.63) is 0 Å². The van der Waals surface area contributed by atoms with Crippen molar-refractivity contribution in [3.63, 3.8) is 0 Å². The molecule has 0 saturated carbocycles. The molecule has 1 N–H and O–H groups in total. The van der Waals surface area contributed by atoms with E-state index >= 15 is 0 Å². The molecule has 0 aliphatic carbocycles. The molecular weight excluding hydrogens is 256 g/mol. The fourth-order valence-electron chi connectivity index (χ4n) is 2.57. The van der Waals surface area contributed by atoms with Crippen molar-refractivity contribution in [1.82, 2.24) is 10.2 Å². The minimum atomic E-state index is -0.519. The molecule has 1 aliphatic rings. The van der Waals surface area contributed by atoms with Crippen LogP contribution in [0.25, 0.3) is 0 Å². The Labute approximate surface area is 122 Å². The standard InChI is InChI=1S/C15H28N2O3/c1-10(2)12(16-6)13(18)17-9-7-8-11(17)14(19)20-15(3,4)5/h10-12,16H,7-9H2,1-6H3/t11-,12-/m0/s1. The number of likely N-dealkylation sites (tertiary alicyclic amines) is 1. The SMILES string of the molecule is CN[C@H](C(=O)N1CCC[C@H]1C(=O)OC(C)(C)C)C(C)C. The lowest BCUT2D eigenvalue weighted by Crippen LogP contribution is -2.52. The summed E-state index contributed by atoms with van der Waals surface area (Å²) >= 11 is 0. The number of nitrogens with one attached hydrogen (secondary N) is 1. The largest absolute Gasteiger partial charge is 0.458 e. The maximum Gasteiger partial charge on any atom is 0.329 e. The third-order valence-corrected chi connectivity index (χ3v) is 3.46. The molecule has 0 radical (unpaired) electrons. The summed E-state index contributed by atoms with van der Waals surface area (Å²) in [5.41, 5.74) is -0.519. The molecule has 1 rings (SSSR count). The molecule has 5 heteroatoms. The van der Waals surface area contributed by atoms with E-state index in [2.05, 4.69) is 5.32 Å². The predicted molar refractivity (Wildman–Crippen MR) is 78.3 cm³/mol. The lowest BCUT2D eigenvalue weighted by atomic mass is 10.0. The van der Waals surface area contributed by atoms with Crippen LogP contribution in [-0.2, 0) is 14.3 Å². The number of hydrogen-bond donors (Lipinski definition) is 1. The van der Waals surface area contributed by atoms with Gasteiger partial charge in [-0.3, -0.25) is 4.79 Å². The number of amides is 1. The van der Waals surface area contributed by atoms with Gasteiger partial charge in [-0.05, 0) is 46.6 Å². The zero-order valence-corrected chi connectivity index (χ0v) is 13.5. The fraction of sp³-hybridized carbons (Fsp3) is 0.867. The van der Waals surface area contributed by atoms with Crippen LogP contribution < -0.4 is 5.32 Å². The maximum absolute atomic E-state index is 12.6. The molecule has 2 atom stereocenters. The van der Waals surface area contributed by atoms with Gasteiger partial charge in [0.05, 0.1) is 6.04 Å². The van der Waals surface area contributed by atoms with E-state index in [1.807, 2.05) is 34.6 Å². The molecule has 0 unspecified atom stereocenters. The Morgan fingerprint density at radius 2 is 1.90 bits per heavy atom. The van der Waals surface area contributed by atoms with Gasteiger partial charge in [0.1, 0.15) is 11.6 Å². The first-order chi connectivity index (χ1) is 9.17. The van der Waals surface area contributed by atoms with E-state index in [0.717, 1.165) is 6.42 Å². The normalized spacial score (nSPS) is 21.1. The number of likely N-dealkylation sites (N-methyl/N-ethyl adjacent to an activating group) is 1. The predicted octanol–water partition coefficient (Wildman–Crippen LogP) is 1.56. The van der Waals surface area contributed by atoms with Gasteiger partial charge < -0.3 is 15.0 Å². The van der Waals surface area contributed by atoms with Crippen molar-refractivity contribution in [1.29, 1.82) is 0 Å². The summed E-state index contributed by atoms with van der Waals surface area (Å²) in [6, 6.07) is -0.686. The molecule has 20 heavy (non-hydrogen) atoms. The Morgan fingerprint density at radius 3 is 2.35 bits per heavy atom. The Balaban J connectivity index is 2.79. The van der Waals surface area contributed by atoms with Gasteiger partial charge in [0.25, 0.3) is 0 Å². The van der Waals surface area contributed by atoms with Gasteiger partial charge in [-0.25, -0.2) is 4.79 Å². The zero-order chi connectivity index (χ0) is 15.5. The third kappa shape index (κ3) is 4.20. The van der Waals surface area contributed by atoms with Gasteiger partial charge in [0.2, 0.25) is 5.91 Å². The van der Waals surface area contributed by atoms with E-state index in [-0.39, 0.29) is 23.8 Å². The van der Waals surface area contributed by atoms with Crippen LogP contribution >= 0.6 is 0 Å². The van der Waals surface area contributed by atoms with Gasteiger partial charge in [-0.2, -0.15) is 0 Å². The Bertz CT molecular complexity index is 361. The van der Waals surface area contributed by atoms with Crippen LogP contribution in [0.5, 0.6) is 0 Å². The molecule has 116 valence electrons. The van der Waals surface area contributed by atoms with Crippen LogP contribution in [-0.4, -0.2) is 48.1 Å². The summed E-state index contributed by atoms with van der Waals surface area (Å²) in [6.45, 7) is 10.2. The number of nitrogens with zero attached hydrogens (tertiary/aromatic N) is 1. The molecule has 1 saturated heterocycles. The second kappa shape index (κ2) is 6.57. The van der Waals surface area contributed by atoms with Gasteiger partial charge in [0.15, 0.2) is 0 Å². The summed E-state index contributed by atoms with van der Waals surface area (Å²) in [6.07, 6.45) is 1.54. The van der Waals surface area contributed by atoms with E-state index in [1.54, 1.807) is 11.9 Å². The molecule has 0 bridgehead atoms. The summed E-state index contributed by atoms with van der Waals surface area (Å²) in [4.78, 5) is 26.5.